The third-order valence-corrected chi connectivity index (χ3v) is 3.08. The Morgan fingerprint density at radius 1 is 1.10 bits per heavy atom. The van der Waals surface area contributed by atoms with E-state index < -0.39 is 5.97 Å². The topological polar surface area (TPSA) is 75.1 Å². The average Bonchev–Trinajstić information content (AvgIpc) is 2.53. The fourth-order valence-electron chi connectivity index (χ4n) is 2.09. The molecule has 0 saturated heterocycles. The van der Waals surface area contributed by atoms with E-state index in [9.17, 15) is 4.79 Å². The van der Waals surface area contributed by atoms with Crippen molar-refractivity contribution < 1.29 is 9.90 Å². The van der Waals surface area contributed by atoms with Crippen molar-refractivity contribution in [3.05, 3.63) is 54.7 Å². The van der Waals surface area contributed by atoms with Crippen molar-refractivity contribution in [2.45, 2.75) is 0 Å². The van der Waals surface area contributed by atoms with E-state index in [1.807, 2.05) is 42.5 Å². The number of carboxylic acid groups (broad SMARTS) is 1. The minimum atomic E-state index is -0.930. The van der Waals surface area contributed by atoms with Crippen molar-refractivity contribution in [2.75, 3.05) is 11.9 Å². The summed E-state index contributed by atoms with van der Waals surface area (Å²) in [5, 5.41) is 13.7. The lowest BCUT2D eigenvalue weighted by Crippen LogP contribution is -2.13. The van der Waals surface area contributed by atoms with E-state index in [2.05, 4.69) is 15.3 Å². The predicted molar refractivity (Wildman–Crippen MR) is 81.1 cm³/mol. The van der Waals surface area contributed by atoms with Crippen LogP contribution in [0, 0.1) is 0 Å². The van der Waals surface area contributed by atoms with Gasteiger partial charge >= 0.3 is 5.97 Å². The molecule has 0 aliphatic heterocycles. The zero-order valence-electron chi connectivity index (χ0n) is 11.2. The molecular weight excluding hydrogens is 266 g/mol. The van der Waals surface area contributed by atoms with Crippen LogP contribution in [0.15, 0.2) is 54.7 Å². The molecule has 0 unspecified atom stereocenters. The highest BCUT2D eigenvalue weighted by molar-refractivity contribution is 5.86. The lowest BCUT2D eigenvalue weighted by Gasteiger charge is -2.06. The Labute approximate surface area is 121 Å². The number of nitrogens with one attached hydrogen (secondary N) is 1. The molecule has 0 aliphatic rings. The van der Waals surface area contributed by atoms with Gasteiger partial charge in [-0.2, -0.15) is 0 Å². The third kappa shape index (κ3) is 2.97. The van der Waals surface area contributed by atoms with Gasteiger partial charge in [-0.3, -0.25) is 4.79 Å². The maximum Gasteiger partial charge on any atom is 0.322 e. The second-order valence-electron chi connectivity index (χ2n) is 4.57. The van der Waals surface area contributed by atoms with Gasteiger partial charge in [-0.05, 0) is 22.9 Å². The number of carbonyl (C=O) groups is 1. The monoisotopic (exact) mass is 279 g/mol. The molecule has 0 aliphatic carbocycles. The van der Waals surface area contributed by atoms with E-state index >= 15 is 0 Å². The van der Waals surface area contributed by atoms with Gasteiger partial charge in [0.25, 0.3) is 0 Å². The Bertz CT molecular complexity index is 802. The van der Waals surface area contributed by atoms with Gasteiger partial charge in [0.15, 0.2) is 5.82 Å². The highest BCUT2D eigenvalue weighted by Crippen LogP contribution is 2.22. The van der Waals surface area contributed by atoms with E-state index in [0.29, 0.717) is 11.6 Å². The Hall–Kier alpha value is -2.95. The molecule has 5 nitrogen and oxygen atoms in total. The molecule has 0 amide bonds. The summed E-state index contributed by atoms with van der Waals surface area (Å²) in [6.45, 7) is -0.172. The largest absolute Gasteiger partial charge is 0.480 e. The molecule has 104 valence electrons. The second-order valence-corrected chi connectivity index (χ2v) is 4.57. The van der Waals surface area contributed by atoms with E-state index in [0.717, 1.165) is 16.3 Å². The fraction of sp³-hybridized carbons (Fsp3) is 0.0625. The molecule has 1 heterocycles. The minimum absolute atomic E-state index is 0.172. The zero-order valence-corrected chi connectivity index (χ0v) is 11.2. The first-order valence-electron chi connectivity index (χ1n) is 6.50. The lowest BCUT2D eigenvalue weighted by atomic mass is 10.1. The SMILES string of the molecule is O=C(O)CNc1ccnc(-c2ccc3ccccc3c2)n1. The molecule has 0 saturated carbocycles. The molecule has 0 spiro atoms. The maximum atomic E-state index is 10.6. The molecule has 5 heteroatoms. The number of hydrogen-bond donors (Lipinski definition) is 2. The van der Waals surface area contributed by atoms with Crippen LogP contribution in [-0.2, 0) is 4.79 Å². The van der Waals surface area contributed by atoms with Gasteiger partial charge in [0.2, 0.25) is 0 Å². The smallest absolute Gasteiger partial charge is 0.322 e. The predicted octanol–water partition coefficient (Wildman–Crippen LogP) is 2.79. The van der Waals surface area contributed by atoms with Crippen LogP contribution in [0.3, 0.4) is 0 Å². The van der Waals surface area contributed by atoms with Crippen LogP contribution in [0.4, 0.5) is 5.82 Å². The summed E-state index contributed by atoms with van der Waals surface area (Å²) in [6, 6.07) is 15.7. The summed E-state index contributed by atoms with van der Waals surface area (Å²) in [7, 11) is 0. The van der Waals surface area contributed by atoms with Crippen molar-refractivity contribution in [1.29, 1.82) is 0 Å². The Kier molecular flexibility index (Phi) is 3.47. The van der Waals surface area contributed by atoms with Crippen LogP contribution in [0.5, 0.6) is 0 Å². The first-order valence-corrected chi connectivity index (χ1v) is 6.50. The maximum absolute atomic E-state index is 10.6. The van der Waals surface area contributed by atoms with Crippen LogP contribution in [0.1, 0.15) is 0 Å². The highest BCUT2D eigenvalue weighted by Gasteiger charge is 2.05. The fourth-order valence-corrected chi connectivity index (χ4v) is 2.09. The van der Waals surface area contributed by atoms with E-state index in [4.69, 9.17) is 5.11 Å². The molecule has 21 heavy (non-hydrogen) atoms. The number of nitrogens with zero attached hydrogens (tertiary/aromatic N) is 2. The van der Waals surface area contributed by atoms with E-state index in [1.165, 1.54) is 0 Å². The first-order chi connectivity index (χ1) is 10.2. The lowest BCUT2D eigenvalue weighted by molar-refractivity contribution is -0.134. The molecule has 1 aromatic heterocycles. The molecule has 3 rings (SSSR count). The summed E-state index contributed by atoms with van der Waals surface area (Å²) in [6.07, 6.45) is 1.61. The molecule has 0 fully saturated rings. The van der Waals surface area contributed by atoms with Crippen LogP contribution in [-0.4, -0.2) is 27.6 Å². The van der Waals surface area contributed by atoms with Gasteiger partial charge in [-0.15, -0.1) is 0 Å². The van der Waals surface area contributed by atoms with Crippen LogP contribution < -0.4 is 5.32 Å². The van der Waals surface area contributed by atoms with Gasteiger partial charge in [0.05, 0.1) is 0 Å². The summed E-state index contributed by atoms with van der Waals surface area (Å²) in [5.74, 6) is 0.132. The molecule has 0 bridgehead atoms. The number of hydrogen-bond acceptors (Lipinski definition) is 4. The van der Waals surface area contributed by atoms with Crippen LogP contribution in [0.2, 0.25) is 0 Å². The van der Waals surface area contributed by atoms with Gasteiger partial charge in [0, 0.05) is 11.8 Å². The van der Waals surface area contributed by atoms with Crippen LogP contribution >= 0.6 is 0 Å². The number of benzene rings is 2. The number of rotatable bonds is 4. The number of fused-ring (bicyclic) bond motifs is 1. The quantitative estimate of drug-likeness (QED) is 0.768. The van der Waals surface area contributed by atoms with Crippen molar-refractivity contribution >= 4 is 22.6 Å². The summed E-state index contributed by atoms with van der Waals surface area (Å²) >= 11 is 0. The average molecular weight is 279 g/mol. The van der Waals surface area contributed by atoms with E-state index in [-0.39, 0.29) is 6.54 Å². The molecule has 2 aromatic carbocycles. The minimum Gasteiger partial charge on any atom is -0.480 e. The summed E-state index contributed by atoms with van der Waals surface area (Å²) in [4.78, 5) is 19.1. The number of aliphatic carboxylic acids is 1. The summed E-state index contributed by atoms with van der Waals surface area (Å²) < 4.78 is 0. The Balaban J connectivity index is 1.94. The standard InChI is InChI=1S/C16H13N3O2/c20-15(21)10-18-14-7-8-17-16(19-14)13-6-5-11-3-1-2-4-12(11)9-13/h1-9H,10H2,(H,20,21)(H,17,18,19). The van der Waals surface area contributed by atoms with Crippen LogP contribution in [0.25, 0.3) is 22.2 Å². The molecule has 0 radical (unpaired) electrons. The second kappa shape index (κ2) is 5.58. The molecule has 3 aromatic rings. The summed E-state index contributed by atoms with van der Waals surface area (Å²) in [5.41, 5.74) is 0.896. The van der Waals surface area contributed by atoms with Crippen molar-refractivity contribution in [3.8, 4) is 11.4 Å². The van der Waals surface area contributed by atoms with Gasteiger partial charge in [-0.1, -0.05) is 36.4 Å². The van der Waals surface area contributed by atoms with Gasteiger partial charge < -0.3 is 10.4 Å². The number of carboxylic acids is 1. The Morgan fingerprint density at radius 2 is 1.90 bits per heavy atom. The zero-order chi connectivity index (χ0) is 14.7. The number of anilines is 1. The molecule has 2 N–H and O–H groups in total. The van der Waals surface area contributed by atoms with Crippen molar-refractivity contribution in [3.63, 3.8) is 0 Å². The van der Waals surface area contributed by atoms with Crippen molar-refractivity contribution in [1.82, 2.24) is 9.97 Å². The third-order valence-electron chi connectivity index (χ3n) is 3.08. The van der Waals surface area contributed by atoms with E-state index in [1.54, 1.807) is 12.3 Å². The first kappa shape index (κ1) is 13.1. The van der Waals surface area contributed by atoms with Gasteiger partial charge in [0.1, 0.15) is 12.4 Å². The normalized spacial score (nSPS) is 10.5. The number of aromatic nitrogens is 2. The molecule has 0 atom stereocenters. The highest BCUT2D eigenvalue weighted by atomic mass is 16.4. The van der Waals surface area contributed by atoms with Gasteiger partial charge in [-0.25, -0.2) is 9.97 Å². The van der Waals surface area contributed by atoms with Crippen molar-refractivity contribution in [2.24, 2.45) is 0 Å². The molecular formula is C16H13N3O2. The Morgan fingerprint density at radius 3 is 2.71 bits per heavy atom.